The van der Waals surface area contributed by atoms with Crippen LogP contribution in [-0.4, -0.2) is 54.9 Å². The van der Waals surface area contributed by atoms with Gasteiger partial charge in [-0.25, -0.2) is 0 Å². The van der Waals surface area contributed by atoms with Crippen LogP contribution in [0.4, 0.5) is 5.13 Å². The van der Waals surface area contributed by atoms with Gasteiger partial charge >= 0.3 is 0 Å². The van der Waals surface area contributed by atoms with E-state index in [0.717, 1.165) is 27.1 Å². The second-order valence-corrected chi connectivity index (χ2v) is 11.3. The number of aryl methyl sites for hydroxylation is 1. The van der Waals surface area contributed by atoms with E-state index in [0.29, 0.717) is 28.3 Å². The lowest BCUT2D eigenvalue weighted by molar-refractivity contribution is -0.113. The number of ether oxygens (including phenoxy) is 1. The van der Waals surface area contributed by atoms with Crippen molar-refractivity contribution < 1.29 is 14.3 Å². The molecule has 198 valence electrons. The number of nitrogens with zero attached hydrogens (tertiary/aromatic N) is 5. The lowest BCUT2D eigenvalue weighted by atomic mass is 10.1. The molecular formula is C25H27N7O3S3. The molecule has 0 fully saturated rings. The Labute approximate surface area is 233 Å². The fourth-order valence-corrected chi connectivity index (χ4v) is 5.84. The molecule has 0 aliphatic rings. The number of thioether (sulfide) groups is 2. The van der Waals surface area contributed by atoms with Crippen LogP contribution in [0.3, 0.4) is 0 Å². The molecule has 0 aliphatic heterocycles. The third kappa shape index (κ3) is 7.33. The second kappa shape index (κ2) is 13.4. The molecule has 0 unspecified atom stereocenters. The summed E-state index contributed by atoms with van der Waals surface area (Å²) in [6.45, 7) is 6.61. The Balaban J connectivity index is 1.49. The first-order chi connectivity index (χ1) is 18.5. The zero-order chi connectivity index (χ0) is 26.9. The summed E-state index contributed by atoms with van der Waals surface area (Å²) in [5.74, 6) is 1.82. The van der Waals surface area contributed by atoms with Crippen LogP contribution in [-0.2, 0) is 11.3 Å². The number of amides is 2. The van der Waals surface area contributed by atoms with E-state index in [-0.39, 0.29) is 24.1 Å². The number of anilines is 1. The van der Waals surface area contributed by atoms with E-state index in [1.807, 2.05) is 67.8 Å². The predicted octanol–water partition coefficient (Wildman–Crippen LogP) is 4.60. The molecule has 0 radical (unpaired) electrons. The Morgan fingerprint density at radius 3 is 2.58 bits per heavy atom. The van der Waals surface area contributed by atoms with Crippen LogP contribution in [0.15, 0.2) is 58.0 Å². The van der Waals surface area contributed by atoms with Crippen LogP contribution in [0, 0.1) is 6.92 Å². The maximum absolute atomic E-state index is 12.7. The Kier molecular flexibility index (Phi) is 9.73. The maximum atomic E-state index is 12.7. The minimum atomic E-state index is -0.227. The fraction of sp³-hybridized carbons (Fsp3) is 0.280. The van der Waals surface area contributed by atoms with Crippen molar-refractivity contribution in [2.45, 2.75) is 36.8 Å². The zero-order valence-corrected chi connectivity index (χ0v) is 23.6. The van der Waals surface area contributed by atoms with E-state index in [9.17, 15) is 9.59 Å². The number of nitrogens with one attached hydrogen (secondary N) is 2. The highest BCUT2D eigenvalue weighted by molar-refractivity contribution is 8.01. The summed E-state index contributed by atoms with van der Waals surface area (Å²) in [5, 5.41) is 23.4. The van der Waals surface area contributed by atoms with Crippen molar-refractivity contribution >= 4 is 51.8 Å². The highest BCUT2D eigenvalue weighted by Crippen LogP contribution is 2.27. The minimum absolute atomic E-state index is 0.0979. The summed E-state index contributed by atoms with van der Waals surface area (Å²) in [4.78, 5) is 25.3. The van der Waals surface area contributed by atoms with E-state index >= 15 is 0 Å². The molecule has 4 rings (SSSR count). The Morgan fingerprint density at radius 2 is 1.84 bits per heavy atom. The molecule has 0 aliphatic carbocycles. The third-order valence-electron chi connectivity index (χ3n) is 5.05. The van der Waals surface area contributed by atoms with Gasteiger partial charge in [-0.2, -0.15) is 0 Å². The van der Waals surface area contributed by atoms with Crippen LogP contribution in [0.25, 0.3) is 5.69 Å². The van der Waals surface area contributed by atoms with E-state index in [1.165, 1.54) is 23.1 Å². The first-order valence-electron chi connectivity index (χ1n) is 11.9. The average molecular weight is 570 g/mol. The smallest absolute Gasteiger partial charge is 0.251 e. The molecule has 2 N–H and O–H groups in total. The van der Waals surface area contributed by atoms with Gasteiger partial charge in [-0.1, -0.05) is 59.5 Å². The van der Waals surface area contributed by atoms with Gasteiger partial charge in [0, 0.05) is 11.3 Å². The summed E-state index contributed by atoms with van der Waals surface area (Å²) in [5.41, 5.74) is 2.35. The molecule has 13 heteroatoms. The van der Waals surface area contributed by atoms with Gasteiger partial charge in [0.25, 0.3) is 5.91 Å². The van der Waals surface area contributed by atoms with Crippen molar-refractivity contribution in [2.24, 2.45) is 0 Å². The first-order valence-corrected chi connectivity index (χ1v) is 14.7. The number of hydrogen-bond donors (Lipinski definition) is 2. The third-order valence-corrected chi connectivity index (χ3v) is 7.83. The number of carbonyl (C=O) groups is 2. The first kappa shape index (κ1) is 27.6. The highest BCUT2D eigenvalue weighted by atomic mass is 32.2. The molecular weight excluding hydrogens is 543 g/mol. The standard InChI is InChI=1S/C25H27N7O3S3/c1-4-35-19-11-9-18(10-12-19)32-20(14-26-22(34)17-8-6-7-16(3)13-17)28-30-24(32)37-15-21(33)27-23-29-31-25(38-23)36-5-2/h6-13H,4-5,14-15H2,1-3H3,(H,26,34)(H,27,29,33). The molecule has 2 aromatic carbocycles. The van der Waals surface area contributed by atoms with Crippen molar-refractivity contribution in [1.29, 1.82) is 0 Å². The van der Waals surface area contributed by atoms with Crippen molar-refractivity contribution in [2.75, 3.05) is 23.4 Å². The fourth-order valence-electron chi connectivity index (χ4n) is 3.40. The van der Waals surface area contributed by atoms with Crippen LogP contribution in [0.2, 0.25) is 0 Å². The molecule has 2 aromatic heterocycles. The largest absolute Gasteiger partial charge is 0.494 e. The van der Waals surface area contributed by atoms with Gasteiger partial charge in [-0.3, -0.25) is 19.5 Å². The van der Waals surface area contributed by atoms with Crippen molar-refractivity contribution in [1.82, 2.24) is 30.3 Å². The predicted molar refractivity (Wildman–Crippen MR) is 151 cm³/mol. The molecule has 38 heavy (non-hydrogen) atoms. The van der Waals surface area contributed by atoms with Gasteiger partial charge in [-0.15, -0.1) is 20.4 Å². The number of aromatic nitrogens is 5. The summed E-state index contributed by atoms with van der Waals surface area (Å²) in [6, 6.07) is 14.9. The van der Waals surface area contributed by atoms with Crippen LogP contribution in [0.1, 0.15) is 35.6 Å². The Hall–Kier alpha value is -3.42. The maximum Gasteiger partial charge on any atom is 0.251 e. The van der Waals surface area contributed by atoms with E-state index in [4.69, 9.17) is 4.74 Å². The monoisotopic (exact) mass is 569 g/mol. The number of rotatable bonds is 12. The number of hydrogen-bond acceptors (Lipinski definition) is 10. The normalized spacial score (nSPS) is 10.8. The second-order valence-electron chi connectivity index (χ2n) is 7.86. The molecule has 4 aromatic rings. The van der Waals surface area contributed by atoms with Gasteiger partial charge in [0.1, 0.15) is 5.75 Å². The molecule has 0 saturated carbocycles. The lowest BCUT2D eigenvalue weighted by Gasteiger charge is -2.12. The van der Waals surface area contributed by atoms with Crippen molar-refractivity contribution in [3.05, 3.63) is 65.5 Å². The Bertz CT molecular complexity index is 1390. The summed E-state index contributed by atoms with van der Waals surface area (Å²) >= 11 is 4.15. The Morgan fingerprint density at radius 1 is 1.03 bits per heavy atom. The number of carbonyl (C=O) groups excluding carboxylic acids is 2. The van der Waals surface area contributed by atoms with Crippen molar-refractivity contribution in [3.8, 4) is 11.4 Å². The highest BCUT2D eigenvalue weighted by Gasteiger charge is 2.18. The van der Waals surface area contributed by atoms with Gasteiger partial charge < -0.3 is 10.1 Å². The molecule has 0 saturated heterocycles. The van der Waals surface area contributed by atoms with Crippen LogP contribution < -0.4 is 15.4 Å². The van der Waals surface area contributed by atoms with Gasteiger partial charge in [0.15, 0.2) is 15.3 Å². The van der Waals surface area contributed by atoms with Gasteiger partial charge in [-0.05, 0) is 56.0 Å². The molecule has 2 amide bonds. The zero-order valence-electron chi connectivity index (χ0n) is 21.1. The summed E-state index contributed by atoms with van der Waals surface area (Å²) < 4.78 is 8.19. The molecule has 0 spiro atoms. The van der Waals surface area contributed by atoms with Gasteiger partial charge in [0.05, 0.1) is 18.9 Å². The van der Waals surface area contributed by atoms with Gasteiger partial charge in [0.2, 0.25) is 11.0 Å². The lowest BCUT2D eigenvalue weighted by Crippen LogP contribution is -2.24. The molecule has 2 heterocycles. The summed E-state index contributed by atoms with van der Waals surface area (Å²) in [6.07, 6.45) is 0. The summed E-state index contributed by atoms with van der Waals surface area (Å²) in [7, 11) is 0. The van der Waals surface area contributed by atoms with Crippen molar-refractivity contribution in [3.63, 3.8) is 0 Å². The van der Waals surface area contributed by atoms with Crippen LogP contribution in [0.5, 0.6) is 5.75 Å². The number of benzene rings is 2. The van der Waals surface area contributed by atoms with E-state index < -0.39 is 0 Å². The SMILES string of the molecule is CCOc1ccc(-n2c(CNC(=O)c3cccc(C)c3)nnc2SCC(=O)Nc2nnc(SCC)s2)cc1. The van der Waals surface area contributed by atoms with E-state index in [1.54, 1.807) is 17.8 Å². The average Bonchev–Trinajstić information content (AvgIpc) is 3.53. The molecule has 10 nitrogen and oxygen atoms in total. The molecule has 0 bridgehead atoms. The van der Waals surface area contributed by atoms with Crippen LogP contribution >= 0.6 is 34.9 Å². The van der Waals surface area contributed by atoms with E-state index in [2.05, 4.69) is 31.0 Å². The topological polar surface area (TPSA) is 124 Å². The minimum Gasteiger partial charge on any atom is -0.494 e. The quantitative estimate of drug-likeness (QED) is 0.186. The molecule has 0 atom stereocenters.